The molecule has 1 aromatic rings. The van der Waals surface area contributed by atoms with E-state index in [1.807, 2.05) is 13.0 Å². The molecule has 1 unspecified atom stereocenters. The average Bonchev–Trinajstić information content (AvgIpc) is 2.82. The Morgan fingerprint density at radius 3 is 1.94 bits per heavy atom. The SMILES string of the molecule is CCCc1cc2c(c(F)c1F)OC(C1CCC(CCC3CCC(CCC)CC3)CC1)CC2. The van der Waals surface area contributed by atoms with Gasteiger partial charge in [0.05, 0.1) is 0 Å². The fourth-order valence-corrected chi connectivity index (χ4v) is 6.86. The number of halogens is 2. The van der Waals surface area contributed by atoms with E-state index in [1.54, 1.807) is 0 Å². The molecule has 180 valence electrons. The van der Waals surface area contributed by atoms with Crippen molar-refractivity contribution in [3.05, 3.63) is 28.8 Å². The fraction of sp³-hybridized carbons (Fsp3) is 0.793. The van der Waals surface area contributed by atoms with Crippen LogP contribution in [0.25, 0.3) is 0 Å². The van der Waals surface area contributed by atoms with Gasteiger partial charge in [-0.15, -0.1) is 0 Å². The van der Waals surface area contributed by atoms with E-state index in [2.05, 4.69) is 6.92 Å². The Bertz CT molecular complexity index is 729. The van der Waals surface area contributed by atoms with Crippen LogP contribution >= 0.6 is 0 Å². The lowest BCUT2D eigenvalue weighted by molar-refractivity contribution is 0.0696. The summed E-state index contributed by atoms with van der Waals surface area (Å²) in [7, 11) is 0. The van der Waals surface area contributed by atoms with Crippen molar-refractivity contribution in [3.8, 4) is 5.75 Å². The Balaban J connectivity index is 1.23. The molecule has 4 rings (SSSR count). The maximum absolute atomic E-state index is 14.7. The lowest BCUT2D eigenvalue weighted by Crippen LogP contribution is -2.34. The molecule has 2 fully saturated rings. The van der Waals surface area contributed by atoms with Crippen molar-refractivity contribution in [1.29, 1.82) is 0 Å². The maximum Gasteiger partial charge on any atom is 0.201 e. The molecule has 1 nitrogen and oxygen atoms in total. The van der Waals surface area contributed by atoms with Gasteiger partial charge in [0.25, 0.3) is 0 Å². The van der Waals surface area contributed by atoms with Crippen molar-refractivity contribution in [2.45, 2.75) is 123 Å². The minimum absolute atomic E-state index is 0.0585. The van der Waals surface area contributed by atoms with E-state index >= 15 is 0 Å². The lowest BCUT2D eigenvalue weighted by atomic mass is 9.73. The maximum atomic E-state index is 14.7. The summed E-state index contributed by atoms with van der Waals surface area (Å²) in [5.74, 6) is 2.09. The monoisotopic (exact) mass is 446 g/mol. The number of benzene rings is 1. The van der Waals surface area contributed by atoms with Gasteiger partial charge in [-0.1, -0.05) is 84.5 Å². The van der Waals surface area contributed by atoms with E-state index in [4.69, 9.17) is 4.74 Å². The summed E-state index contributed by atoms with van der Waals surface area (Å²) in [6.45, 7) is 4.31. The number of ether oxygens (including phenoxy) is 1. The van der Waals surface area contributed by atoms with Crippen molar-refractivity contribution in [2.24, 2.45) is 23.7 Å². The number of aryl methyl sites for hydroxylation is 2. The van der Waals surface area contributed by atoms with Gasteiger partial charge in [0.15, 0.2) is 11.6 Å². The van der Waals surface area contributed by atoms with Crippen LogP contribution in [0.2, 0.25) is 0 Å². The fourth-order valence-electron chi connectivity index (χ4n) is 6.86. The molecule has 0 aromatic heterocycles. The zero-order valence-electron chi connectivity index (χ0n) is 20.4. The molecule has 3 aliphatic rings. The van der Waals surface area contributed by atoms with Gasteiger partial charge in [-0.2, -0.15) is 4.39 Å². The summed E-state index contributed by atoms with van der Waals surface area (Å²) in [6, 6.07) is 1.85. The lowest BCUT2D eigenvalue weighted by Gasteiger charge is -2.37. The first-order chi connectivity index (χ1) is 15.6. The number of fused-ring (bicyclic) bond motifs is 1. The zero-order valence-corrected chi connectivity index (χ0v) is 20.4. The third-order valence-electron chi connectivity index (χ3n) is 8.86. The molecule has 2 saturated carbocycles. The molecule has 1 heterocycles. The summed E-state index contributed by atoms with van der Waals surface area (Å²) in [4.78, 5) is 0. The van der Waals surface area contributed by atoms with Crippen molar-refractivity contribution in [3.63, 3.8) is 0 Å². The van der Waals surface area contributed by atoms with Gasteiger partial charge in [-0.25, -0.2) is 4.39 Å². The van der Waals surface area contributed by atoms with E-state index in [-0.39, 0.29) is 11.9 Å². The van der Waals surface area contributed by atoms with E-state index in [9.17, 15) is 8.78 Å². The van der Waals surface area contributed by atoms with Crippen LogP contribution < -0.4 is 4.74 Å². The minimum atomic E-state index is -0.752. The molecule has 0 saturated heterocycles. The second kappa shape index (κ2) is 11.3. The van der Waals surface area contributed by atoms with E-state index in [1.165, 1.54) is 77.0 Å². The largest absolute Gasteiger partial charge is 0.487 e. The molecule has 32 heavy (non-hydrogen) atoms. The first kappa shape index (κ1) is 24.0. The van der Waals surface area contributed by atoms with Crippen LogP contribution in [0.3, 0.4) is 0 Å². The van der Waals surface area contributed by atoms with Crippen LogP contribution in [0.4, 0.5) is 8.78 Å². The average molecular weight is 447 g/mol. The predicted molar refractivity (Wildman–Crippen MR) is 128 cm³/mol. The van der Waals surface area contributed by atoms with Crippen molar-refractivity contribution >= 4 is 0 Å². The molecule has 0 radical (unpaired) electrons. The Hall–Kier alpha value is -1.12. The van der Waals surface area contributed by atoms with Gasteiger partial charge in [0.1, 0.15) is 6.10 Å². The molecule has 3 heteroatoms. The topological polar surface area (TPSA) is 9.23 Å². The van der Waals surface area contributed by atoms with E-state index in [0.717, 1.165) is 42.6 Å². The summed E-state index contributed by atoms with van der Waals surface area (Å²) < 4.78 is 35.3. The highest BCUT2D eigenvalue weighted by molar-refractivity contribution is 5.41. The van der Waals surface area contributed by atoms with E-state index < -0.39 is 11.6 Å². The normalized spacial score (nSPS) is 30.6. The standard InChI is InChI=1S/C29H44F2O/c1-3-5-20-7-9-21(10-8-20)11-12-22-13-15-23(16-14-22)26-18-17-25-19-24(6-4-2)27(30)28(31)29(25)32-26/h19-23,26H,3-18H2,1-2H3. The van der Waals surface area contributed by atoms with Crippen molar-refractivity contribution in [1.82, 2.24) is 0 Å². The van der Waals surface area contributed by atoms with Gasteiger partial charge < -0.3 is 4.74 Å². The number of rotatable bonds is 8. The number of hydrogen-bond donors (Lipinski definition) is 0. The van der Waals surface area contributed by atoms with Gasteiger partial charge in [0.2, 0.25) is 5.82 Å². The number of hydrogen-bond acceptors (Lipinski definition) is 1. The van der Waals surface area contributed by atoms with Crippen LogP contribution in [-0.4, -0.2) is 6.10 Å². The summed E-state index contributed by atoms with van der Waals surface area (Å²) >= 11 is 0. The summed E-state index contributed by atoms with van der Waals surface area (Å²) in [5, 5.41) is 0. The second-order valence-electron chi connectivity index (χ2n) is 11.1. The molecule has 0 spiro atoms. The second-order valence-corrected chi connectivity index (χ2v) is 11.1. The van der Waals surface area contributed by atoms with Crippen LogP contribution in [0.5, 0.6) is 5.75 Å². The Kier molecular flexibility index (Phi) is 8.51. The molecule has 1 aromatic carbocycles. The third-order valence-corrected chi connectivity index (χ3v) is 8.86. The Morgan fingerprint density at radius 2 is 1.34 bits per heavy atom. The van der Waals surface area contributed by atoms with Gasteiger partial charge >= 0.3 is 0 Å². The third kappa shape index (κ3) is 5.68. The molecule has 1 aliphatic heterocycles. The summed E-state index contributed by atoms with van der Waals surface area (Å²) in [5.41, 5.74) is 1.37. The van der Waals surface area contributed by atoms with Crippen molar-refractivity contribution in [2.75, 3.05) is 0 Å². The quantitative estimate of drug-likeness (QED) is 0.387. The predicted octanol–water partition coefficient (Wildman–Crippen LogP) is 8.80. The highest BCUT2D eigenvalue weighted by Gasteiger charge is 2.34. The van der Waals surface area contributed by atoms with E-state index in [0.29, 0.717) is 17.9 Å². The Labute approximate surface area is 194 Å². The molecule has 0 amide bonds. The summed E-state index contributed by atoms with van der Waals surface area (Å²) in [6.07, 6.45) is 19.6. The zero-order chi connectivity index (χ0) is 22.5. The van der Waals surface area contributed by atoms with Crippen LogP contribution in [0.15, 0.2) is 6.07 Å². The molecular weight excluding hydrogens is 402 g/mol. The highest BCUT2D eigenvalue weighted by Crippen LogP contribution is 2.42. The molecule has 1 atom stereocenters. The first-order valence-electron chi connectivity index (χ1n) is 13.7. The minimum Gasteiger partial charge on any atom is -0.487 e. The highest BCUT2D eigenvalue weighted by atomic mass is 19.2. The first-order valence-corrected chi connectivity index (χ1v) is 13.7. The molecule has 2 aliphatic carbocycles. The van der Waals surface area contributed by atoms with Crippen molar-refractivity contribution < 1.29 is 13.5 Å². The van der Waals surface area contributed by atoms with Gasteiger partial charge in [0, 0.05) is 0 Å². The van der Waals surface area contributed by atoms with Crippen LogP contribution in [0, 0.1) is 35.3 Å². The van der Waals surface area contributed by atoms with Crippen LogP contribution in [-0.2, 0) is 12.8 Å². The molecular formula is C29H44F2O. The molecule has 0 bridgehead atoms. The van der Waals surface area contributed by atoms with Crippen LogP contribution in [0.1, 0.15) is 115 Å². The smallest absolute Gasteiger partial charge is 0.201 e. The van der Waals surface area contributed by atoms with Gasteiger partial charge in [-0.3, -0.25) is 0 Å². The Morgan fingerprint density at radius 1 is 0.750 bits per heavy atom. The van der Waals surface area contributed by atoms with Gasteiger partial charge in [-0.05, 0) is 73.0 Å². The molecule has 0 N–H and O–H groups in total.